The van der Waals surface area contributed by atoms with E-state index in [0.29, 0.717) is 13.0 Å². The molecule has 0 fully saturated rings. The van der Waals surface area contributed by atoms with Crippen LogP contribution in [-0.2, 0) is 4.79 Å². The van der Waals surface area contributed by atoms with Crippen molar-refractivity contribution >= 4 is 17.7 Å². The van der Waals surface area contributed by atoms with E-state index in [2.05, 4.69) is 19.2 Å². The van der Waals surface area contributed by atoms with Crippen molar-refractivity contribution in [1.82, 2.24) is 5.32 Å². The van der Waals surface area contributed by atoms with Crippen molar-refractivity contribution in [3.05, 3.63) is 0 Å². The minimum absolute atomic E-state index is 0.0527. The molecule has 2 unspecified atom stereocenters. The summed E-state index contributed by atoms with van der Waals surface area (Å²) < 4.78 is 0. The number of hydrogen-bond acceptors (Lipinski definition) is 3. The molecule has 2 atom stereocenters. The first-order valence-corrected chi connectivity index (χ1v) is 7.12. The molecule has 0 aromatic rings. The van der Waals surface area contributed by atoms with Crippen LogP contribution in [0.15, 0.2) is 0 Å². The maximum Gasteiger partial charge on any atom is 0.223 e. The number of amides is 1. The third kappa shape index (κ3) is 7.12. The number of carbonyl (C=O) groups is 1. The van der Waals surface area contributed by atoms with E-state index >= 15 is 0 Å². The van der Waals surface area contributed by atoms with Crippen molar-refractivity contribution in [3.8, 4) is 0 Å². The average Bonchev–Trinajstić information content (AvgIpc) is 2.12. The lowest BCUT2D eigenvalue weighted by molar-refractivity contribution is -0.124. The molecular weight excluding hydrogens is 222 g/mol. The second kappa shape index (κ2) is 7.17. The van der Waals surface area contributed by atoms with Crippen LogP contribution in [0.1, 0.15) is 34.1 Å². The van der Waals surface area contributed by atoms with Gasteiger partial charge in [0.25, 0.3) is 0 Å². The third-order valence-electron chi connectivity index (χ3n) is 2.45. The van der Waals surface area contributed by atoms with E-state index in [1.807, 2.05) is 13.2 Å². The standard InChI is InChI=1S/C12H25NO2S/c1-9(7-16-5)11(15)13-8-12(3,4)6-10(2)14/h9-10,14H,6-8H2,1-5H3,(H,13,15). The number of aliphatic hydroxyl groups is 1. The molecule has 0 aliphatic rings. The highest BCUT2D eigenvalue weighted by Gasteiger charge is 2.22. The average molecular weight is 247 g/mol. The summed E-state index contributed by atoms with van der Waals surface area (Å²) >= 11 is 1.68. The third-order valence-corrected chi connectivity index (χ3v) is 3.29. The molecule has 0 aromatic heterocycles. The first kappa shape index (κ1) is 15.8. The van der Waals surface area contributed by atoms with E-state index < -0.39 is 0 Å². The van der Waals surface area contributed by atoms with Crippen LogP contribution in [0.2, 0.25) is 0 Å². The summed E-state index contributed by atoms with van der Waals surface area (Å²) in [5, 5.41) is 12.3. The van der Waals surface area contributed by atoms with Gasteiger partial charge in [-0.1, -0.05) is 20.8 Å². The number of thioether (sulfide) groups is 1. The Hall–Kier alpha value is -0.220. The van der Waals surface area contributed by atoms with Gasteiger partial charge >= 0.3 is 0 Å². The summed E-state index contributed by atoms with van der Waals surface area (Å²) in [5.41, 5.74) is -0.0527. The Labute approximate surface area is 103 Å². The molecule has 0 aromatic carbocycles. The number of hydrogen-bond donors (Lipinski definition) is 2. The fourth-order valence-corrected chi connectivity index (χ4v) is 2.35. The number of carbonyl (C=O) groups excluding carboxylic acids is 1. The van der Waals surface area contributed by atoms with Crippen LogP contribution in [0.3, 0.4) is 0 Å². The van der Waals surface area contributed by atoms with Crippen molar-refractivity contribution in [2.45, 2.75) is 40.2 Å². The minimum Gasteiger partial charge on any atom is -0.393 e. The van der Waals surface area contributed by atoms with Crippen molar-refractivity contribution in [1.29, 1.82) is 0 Å². The predicted octanol–water partition coefficient (Wildman–Crippen LogP) is 1.90. The summed E-state index contributed by atoms with van der Waals surface area (Å²) in [5.74, 6) is 1.01. The zero-order valence-corrected chi connectivity index (χ0v) is 11.9. The van der Waals surface area contributed by atoms with E-state index in [-0.39, 0.29) is 23.3 Å². The van der Waals surface area contributed by atoms with Crippen LogP contribution in [0.25, 0.3) is 0 Å². The Morgan fingerprint density at radius 3 is 2.44 bits per heavy atom. The molecule has 4 heteroatoms. The van der Waals surface area contributed by atoms with Gasteiger partial charge in [0.2, 0.25) is 5.91 Å². The van der Waals surface area contributed by atoms with Crippen LogP contribution >= 0.6 is 11.8 Å². The summed E-state index contributed by atoms with van der Waals surface area (Å²) in [6.45, 7) is 8.45. The molecule has 96 valence electrons. The smallest absolute Gasteiger partial charge is 0.223 e. The Morgan fingerprint density at radius 1 is 1.44 bits per heavy atom. The largest absolute Gasteiger partial charge is 0.393 e. The molecule has 16 heavy (non-hydrogen) atoms. The molecule has 0 bridgehead atoms. The highest BCUT2D eigenvalue weighted by atomic mass is 32.2. The molecule has 0 saturated heterocycles. The maximum absolute atomic E-state index is 11.7. The van der Waals surface area contributed by atoms with Crippen molar-refractivity contribution in [2.75, 3.05) is 18.6 Å². The van der Waals surface area contributed by atoms with E-state index in [9.17, 15) is 9.90 Å². The van der Waals surface area contributed by atoms with Gasteiger partial charge in [0.1, 0.15) is 0 Å². The molecule has 0 spiro atoms. The van der Waals surface area contributed by atoms with Gasteiger partial charge in [0, 0.05) is 18.2 Å². The zero-order valence-electron chi connectivity index (χ0n) is 11.0. The van der Waals surface area contributed by atoms with Gasteiger partial charge in [-0.05, 0) is 25.0 Å². The monoisotopic (exact) mass is 247 g/mol. The molecule has 0 rings (SSSR count). The summed E-state index contributed by atoms with van der Waals surface area (Å²) in [7, 11) is 0. The Morgan fingerprint density at radius 2 is 2.00 bits per heavy atom. The van der Waals surface area contributed by atoms with Crippen LogP contribution in [0.5, 0.6) is 0 Å². The second-order valence-electron chi connectivity index (χ2n) is 5.29. The summed E-state index contributed by atoms with van der Waals surface area (Å²) in [4.78, 5) is 11.7. The molecule has 2 N–H and O–H groups in total. The topological polar surface area (TPSA) is 49.3 Å². The molecule has 3 nitrogen and oxygen atoms in total. The van der Waals surface area contributed by atoms with Gasteiger partial charge in [-0.15, -0.1) is 0 Å². The van der Waals surface area contributed by atoms with Crippen molar-refractivity contribution < 1.29 is 9.90 Å². The molecule has 1 amide bonds. The van der Waals surface area contributed by atoms with Crippen LogP contribution in [-0.4, -0.2) is 35.7 Å². The number of aliphatic hydroxyl groups excluding tert-OH is 1. The van der Waals surface area contributed by atoms with Gasteiger partial charge < -0.3 is 10.4 Å². The molecule has 0 heterocycles. The van der Waals surface area contributed by atoms with Gasteiger partial charge in [-0.2, -0.15) is 11.8 Å². The molecular formula is C12H25NO2S. The highest BCUT2D eigenvalue weighted by molar-refractivity contribution is 7.98. The zero-order chi connectivity index (χ0) is 12.8. The lowest BCUT2D eigenvalue weighted by Gasteiger charge is -2.27. The number of rotatable bonds is 7. The SMILES string of the molecule is CSCC(C)C(=O)NCC(C)(C)CC(C)O. The van der Waals surface area contributed by atoms with Crippen molar-refractivity contribution in [3.63, 3.8) is 0 Å². The minimum atomic E-state index is -0.324. The highest BCUT2D eigenvalue weighted by Crippen LogP contribution is 2.21. The van der Waals surface area contributed by atoms with E-state index in [4.69, 9.17) is 0 Å². The summed E-state index contributed by atoms with van der Waals surface area (Å²) in [6, 6.07) is 0. The lowest BCUT2D eigenvalue weighted by atomic mass is 9.87. The van der Waals surface area contributed by atoms with Crippen molar-refractivity contribution in [2.24, 2.45) is 11.3 Å². The molecule has 0 radical (unpaired) electrons. The Bertz CT molecular complexity index is 217. The lowest BCUT2D eigenvalue weighted by Crippen LogP contribution is -2.38. The van der Waals surface area contributed by atoms with E-state index in [1.165, 1.54) is 0 Å². The van der Waals surface area contributed by atoms with E-state index in [1.54, 1.807) is 18.7 Å². The first-order chi connectivity index (χ1) is 7.28. The van der Waals surface area contributed by atoms with Crippen LogP contribution < -0.4 is 5.32 Å². The molecule has 0 saturated carbocycles. The second-order valence-corrected chi connectivity index (χ2v) is 6.20. The van der Waals surface area contributed by atoms with E-state index in [0.717, 1.165) is 5.75 Å². The van der Waals surface area contributed by atoms with Gasteiger partial charge in [-0.3, -0.25) is 4.79 Å². The Kier molecular flexibility index (Phi) is 7.07. The van der Waals surface area contributed by atoms with Gasteiger partial charge in [0.05, 0.1) is 6.10 Å². The maximum atomic E-state index is 11.7. The fourth-order valence-electron chi connectivity index (χ4n) is 1.70. The number of nitrogens with one attached hydrogen (secondary N) is 1. The quantitative estimate of drug-likeness (QED) is 0.722. The molecule has 0 aliphatic heterocycles. The van der Waals surface area contributed by atoms with Crippen LogP contribution in [0.4, 0.5) is 0 Å². The van der Waals surface area contributed by atoms with Gasteiger partial charge in [-0.25, -0.2) is 0 Å². The summed E-state index contributed by atoms with van der Waals surface area (Å²) in [6.07, 6.45) is 2.38. The first-order valence-electron chi connectivity index (χ1n) is 5.73. The molecule has 0 aliphatic carbocycles. The normalized spacial score (nSPS) is 15.6. The van der Waals surface area contributed by atoms with Gasteiger partial charge in [0.15, 0.2) is 0 Å². The fraction of sp³-hybridized carbons (Fsp3) is 0.917. The van der Waals surface area contributed by atoms with Crippen LogP contribution in [0, 0.1) is 11.3 Å². The Balaban J connectivity index is 3.99. The predicted molar refractivity (Wildman–Crippen MR) is 70.6 cm³/mol.